The molecular weight excluding hydrogens is 262 g/mol. The van der Waals surface area contributed by atoms with Gasteiger partial charge in [-0.25, -0.2) is 0 Å². The van der Waals surface area contributed by atoms with Crippen LogP contribution in [-0.4, -0.2) is 9.78 Å². The molecular formula is C14H20ClN3O. The van der Waals surface area contributed by atoms with Crippen LogP contribution in [0.1, 0.15) is 42.6 Å². The van der Waals surface area contributed by atoms with Crippen molar-refractivity contribution in [2.24, 2.45) is 12.8 Å². The number of rotatable bonds is 5. The van der Waals surface area contributed by atoms with Gasteiger partial charge in [0.15, 0.2) is 0 Å². The first kappa shape index (κ1) is 14.2. The lowest BCUT2D eigenvalue weighted by atomic mass is 10.0. The fourth-order valence-electron chi connectivity index (χ4n) is 2.33. The molecule has 0 amide bonds. The molecule has 2 aromatic heterocycles. The number of aromatic nitrogens is 2. The van der Waals surface area contributed by atoms with Gasteiger partial charge in [-0.2, -0.15) is 5.10 Å². The monoisotopic (exact) mass is 281 g/mol. The molecule has 0 radical (unpaired) electrons. The maximum atomic E-state index is 6.35. The van der Waals surface area contributed by atoms with Gasteiger partial charge in [-0.05, 0) is 12.5 Å². The molecule has 2 rings (SSSR count). The molecule has 0 aromatic carbocycles. The van der Waals surface area contributed by atoms with Crippen LogP contribution >= 0.6 is 11.6 Å². The molecule has 0 saturated carbocycles. The minimum Gasteiger partial charge on any atom is -0.469 e. The number of hydrogen-bond donors (Lipinski definition) is 1. The summed E-state index contributed by atoms with van der Waals surface area (Å²) in [6, 6.07) is 1.82. The summed E-state index contributed by atoms with van der Waals surface area (Å²) >= 11 is 6.35. The minimum atomic E-state index is -0.119. The number of nitrogens with two attached hydrogens (primary N) is 1. The summed E-state index contributed by atoms with van der Waals surface area (Å²) in [4.78, 5) is 0. The Bertz CT molecular complexity index is 559. The van der Waals surface area contributed by atoms with Gasteiger partial charge in [0, 0.05) is 31.5 Å². The Morgan fingerprint density at radius 2 is 2.16 bits per heavy atom. The van der Waals surface area contributed by atoms with Gasteiger partial charge in [-0.15, -0.1) is 0 Å². The Morgan fingerprint density at radius 3 is 2.74 bits per heavy atom. The van der Waals surface area contributed by atoms with Crippen LogP contribution in [0, 0.1) is 0 Å². The third-order valence-corrected chi connectivity index (χ3v) is 3.85. The first-order valence-electron chi connectivity index (χ1n) is 6.60. The zero-order valence-electron chi connectivity index (χ0n) is 11.6. The van der Waals surface area contributed by atoms with Gasteiger partial charge in [0.1, 0.15) is 5.76 Å². The molecule has 0 saturated heterocycles. The van der Waals surface area contributed by atoms with Crippen molar-refractivity contribution in [3.05, 3.63) is 40.1 Å². The van der Waals surface area contributed by atoms with Gasteiger partial charge in [0.2, 0.25) is 0 Å². The van der Waals surface area contributed by atoms with Crippen molar-refractivity contribution in [3.8, 4) is 0 Å². The lowest BCUT2D eigenvalue weighted by molar-refractivity contribution is 0.504. The first-order chi connectivity index (χ1) is 9.08. The Balaban J connectivity index is 2.24. The van der Waals surface area contributed by atoms with E-state index in [1.165, 1.54) is 0 Å². The van der Waals surface area contributed by atoms with Crippen LogP contribution in [0.4, 0.5) is 0 Å². The van der Waals surface area contributed by atoms with Crippen molar-refractivity contribution < 1.29 is 4.42 Å². The standard InChI is InChI=1S/C14H20ClN3O/c1-4-11-14(15)12(18(3)17-11)8-10(16)9-6-7-19-13(9)5-2/h6-7,10H,4-5,8,16H2,1-3H3. The summed E-state index contributed by atoms with van der Waals surface area (Å²) in [6.07, 6.45) is 4.02. The van der Waals surface area contributed by atoms with Crippen molar-refractivity contribution >= 4 is 11.6 Å². The molecule has 5 heteroatoms. The molecule has 0 fully saturated rings. The SMILES string of the molecule is CCc1nn(C)c(CC(N)c2ccoc2CC)c1Cl. The van der Waals surface area contributed by atoms with Crippen molar-refractivity contribution in [2.45, 2.75) is 39.2 Å². The lowest BCUT2D eigenvalue weighted by Crippen LogP contribution is -2.16. The normalized spacial score (nSPS) is 12.9. The van der Waals surface area contributed by atoms with E-state index < -0.39 is 0 Å². The second kappa shape index (κ2) is 5.80. The lowest BCUT2D eigenvalue weighted by Gasteiger charge is -2.12. The van der Waals surface area contributed by atoms with Gasteiger partial charge in [-0.3, -0.25) is 4.68 Å². The smallest absolute Gasteiger partial charge is 0.108 e. The van der Waals surface area contributed by atoms with E-state index in [1.54, 1.807) is 6.26 Å². The summed E-state index contributed by atoms with van der Waals surface area (Å²) in [5, 5.41) is 5.15. The second-order valence-electron chi connectivity index (χ2n) is 4.65. The Hall–Kier alpha value is -1.26. The van der Waals surface area contributed by atoms with E-state index in [0.717, 1.165) is 40.6 Å². The molecule has 19 heavy (non-hydrogen) atoms. The topological polar surface area (TPSA) is 57.0 Å². The maximum Gasteiger partial charge on any atom is 0.108 e. The number of halogens is 1. The minimum absolute atomic E-state index is 0.119. The molecule has 0 bridgehead atoms. The third-order valence-electron chi connectivity index (χ3n) is 3.42. The van der Waals surface area contributed by atoms with Crippen LogP contribution in [0.2, 0.25) is 5.02 Å². The zero-order valence-corrected chi connectivity index (χ0v) is 12.4. The quantitative estimate of drug-likeness (QED) is 0.916. The summed E-state index contributed by atoms with van der Waals surface area (Å²) in [6.45, 7) is 4.10. The van der Waals surface area contributed by atoms with Crippen LogP contribution in [0.5, 0.6) is 0 Å². The molecule has 104 valence electrons. The highest BCUT2D eigenvalue weighted by molar-refractivity contribution is 6.31. The van der Waals surface area contributed by atoms with Gasteiger partial charge in [0.25, 0.3) is 0 Å². The molecule has 0 aliphatic rings. The summed E-state index contributed by atoms with van der Waals surface area (Å²) in [5.74, 6) is 0.946. The van der Waals surface area contributed by atoms with Crippen LogP contribution < -0.4 is 5.73 Å². The van der Waals surface area contributed by atoms with Crippen LogP contribution in [0.3, 0.4) is 0 Å². The average Bonchev–Trinajstić information content (AvgIpc) is 2.97. The molecule has 0 aliphatic carbocycles. The number of hydrogen-bond acceptors (Lipinski definition) is 3. The van der Waals surface area contributed by atoms with Crippen LogP contribution in [0.15, 0.2) is 16.7 Å². The molecule has 2 N–H and O–H groups in total. The van der Waals surface area contributed by atoms with Crippen molar-refractivity contribution in [3.63, 3.8) is 0 Å². The van der Waals surface area contributed by atoms with Crippen LogP contribution in [-0.2, 0) is 26.3 Å². The summed E-state index contributed by atoms with van der Waals surface area (Å²) < 4.78 is 7.25. The highest BCUT2D eigenvalue weighted by Gasteiger charge is 2.19. The predicted molar refractivity (Wildman–Crippen MR) is 76.3 cm³/mol. The average molecular weight is 282 g/mol. The van der Waals surface area contributed by atoms with Gasteiger partial charge in [-0.1, -0.05) is 25.4 Å². The molecule has 2 heterocycles. The Labute approximate surface area is 118 Å². The molecule has 1 unspecified atom stereocenters. The molecule has 2 aromatic rings. The number of furan rings is 1. The molecule has 0 aliphatic heterocycles. The summed E-state index contributed by atoms with van der Waals surface area (Å²) in [5.41, 5.74) is 9.24. The van der Waals surface area contributed by atoms with E-state index >= 15 is 0 Å². The number of nitrogens with zero attached hydrogens (tertiary/aromatic N) is 2. The molecule has 1 atom stereocenters. The fraction of sp³-hybridized carbons (Fsp3) is 0.500. The van der Waals surface area contributed by atoms with Gasteiger partial charge in [0.05, 0.1) is 22.7 Å². The van der Waals surface area contributed by atoms with E-state index in [4.69, 9.17) is 21.8 Å². The van der Waals surface area contributed by atoms with Crippen molar-refractivity contribution in [1.82, 2.24) is 9.78 Å². The first-order valence-corrected chi connectivity index (χ1v) is 6.98. The van der Waals surface area contributed by atoms with E-state index in [1.807, 2.05) is 24.7 Å². The van der Waals surface area contributed by atoms with Crippen molar-refractivity contribution in [1.29, 1.82) is 0 Å². The Morgan fingerprint density at radius 1 is 1.42 bits per heavy atom. The van der Waals surface area contributed by atoms with Crippen molar-refractivity contribution in [2.75, 3.05) is 0 Å². The third kappa shape index (κ3) is 2.69. The van der Waals surface area contributed by atoms with E-state index in [2.05, 4.69) is 12.0 Å². The van der Waals surface area contributed by atoms with E-state index in [9.17, 15) is 0 Å². The number of aryl methyl sites for hydroxylation is 3. The Kier molecular flexibility index (Phi) is 4.32. The van der Waals surface area contributed by atoms with Gasteiger partial charge >= 0.3 is 0 Å². The highest BCUT2D eigenvalue weighted by atomic mass is 35.5. The van der Waals surface area contributed by atoms with Gasteiger partial charge < -0.3 is 10.2 Å². The fourth-order valence-corrected chi connectivity index (χ4v) is 2.70. The van der Waals surface area contributed by atoms with E-state index in [0.29, 0.717) is 6.42 Å². The van der Waals surface area contributed by atoms with Crippen LogP contribution in [0.25, 0.3) is 0 Å². The largest absolute Gasteiger partial charge is 0.469 e. The zero-order chi connectivity index (χ0) is 14.0. The maximum absolute atomic E-state index is 6.35. The summed E-state index contributed by atoms with van der Waals surface area (Å²) in [7, 11) is 1.91. The second-order valence-corrected chi connectivity index (χ2v) is 5.03. The van der Waals surface area contributed by atoms with E-state index in [-0.39, 0.29) is 6.04 Å². The molecule has 0 spiro atoms. The predicted octanol–water partition coefficient (Wildman–Crippen LogP) is 3.03. The molecule has 4 nitrogen and oxygen atoms in total. The highest BCUT2D eigenvalue weighted by Crippen LogP contribution is 2.27.